The molecule has 27 heavy (non-hydrogen) atoms. The van der Waals surface area contributed by atoms with Crippen molar-refractivity contribution < 1.29 is 13.9 Å². The van der Waals surface area contributed by atoms with Gasteiger partial charge in [-0.2, -0.15) is 0 Å². The van der Waals surface area contributed by atoms with Gasteiger partial charge in [-0.05, 0) is 54.3 Å². The molecule has 1 aliphatic carbocycles. The molecule has 1 unspecified atom stereocenters. The number of ether oxygens (including phenoxy) is 1. The quantitative estimate of drug-likeness (QED) is 0.817. The van der Waals surface area contributed by atoms with Gasteiger partial charge in [-0.3, -0.25) is 9.69 Å². The third-order valence-corrected chi connectivity index (χ3v) is 5.86. The van der Waals surface area contributed by atoms with Gasteiger partial charge >= 0.3 is 0 Å². The number of hydrogen-bond donors (Lipinski definition) is 1. The summed E-state index contributed by atoms with van der Waals surface area (Å²) in [5, 5.41) is 0.310. The van der Waals surface area contributed by atoms with Gasteiger partial charge in [0.1, 0.15) is 17.2 Å². The molecule has 1 saturated carbocycles. The molecule has 2 spiro atoms. The van der Waals surface area contributed by atoms with Crippen LogP contribution in [0.25, 0.3) is 11.1 Å². The normalized spacial score (nSPS) is 24.8. The first-order chi connectivity index (χ1) is 12.8. The summed E-state index contributed by atoms with van der Waals surface area (Å²) >= 11 is 6.01. The number of hydrogen-bond acceptors (Lipinski definition) is 4. The van der Waals surface area contributed by atoms with Crippen molar-refractivity contribution in [3.05, 3.63) is 52.8 Å². The molecule has 5 rings (SSSR count). The van der Waals surface area contributed by atoms with E-state index < -0.39 is 11.4 Å². The molecule has 2 aliphatic heterocycles. The lowest BCUT2D eigenvalue weighted by Gasteiger charge is -2.37. The second-order valence-corrected chi connectivity index (χ2v) is 7.96. The van der Waals surface area contributed by atoms with E-state index >= 15 is 0 Å². The maximum absolute atomic E-state index is 13.8. The van der Waals surface area contributed by atoms with Crippen LogP contribution in [0.3, 0.4) is 0 Å². The molecule has 138 valence electrons. The van der Waals surface area contributed by atoms with E-state index in [1.54, 1.807) is 13.1 Å². The Balaban J connectivity index is 1.71. The Bertz CT molecular complexity index is 1010. The third kappa shape index (κ3) is 2.36. The van der Waals surface area contributed by atoms with E-state index in [-0.39, 0.29) is 17.5 Å². The maximum atomic E-state index is 13.8. The Morgan fingerprint density at radius 3 is 2.63 bits per heavy atom. The molecule has 0 bridgehead atoms. The highest BCUT2D eigenvalue weighted by Gasteiger charge is 2.62. The average molecular weight is 386 g/mol. The van der Waals surface area contributed by atoms with Gasteiger partial charge in [0, 0.05) is 24.1 Å². The summed E-state index contributed by atoms with van der Waals surface area (Å²) in [6, 6.07) is 9.85. The lowest BCUT2D eigenvalue weighted by molar-refractivity contribution is -0.132. The van der Waals surface area contributed by atoms with Gasteiger partial charge in [0.25, 0.3) is 5.91 Å². The summed E-state index contributed by atoms with van der Waals surface area (Å²) < 4.78 is 20.0. The van der Waals surface area contributed by atoms with Gasteiger partial charge < -0.3 is 10.5 Å². The number of amides is 1. The number of fused-ring (bicyclic) bond motifs is 2. The summed E-state index contributed by atoms with van der Waals surface area (Å²) in [6.45, 7) is 0. The topological polar surface area (TPSA) is 67.9 Å². The monoisotopic (exact) mass is 385 g/mol. The summed E-state index contributed by atoms with van der Waals surface area (Å²) in [5.74, 6) is 0.246. The minimum Gasteiger partial charge on any atom is -0.487 e. The molecule has 0 aromatic heterocycles. The van der Waals surface area contributed by atoms with Crippen LogP contribution in [0.4, 0.5) is 4.39 Å². The first kappa shape index (κ1) is 16.6. The number of guanidine groups is 1. The van der Waals surface area contributed by atoms with Crippen LogP contribution in [0.15, 0.2) is 41.4 Å². The average Bonchev–Trinajstić information content (AvgIpc) is 3.32. The molecule has 2 aromatic carbocycles. The number of likely N-dealkylation sites (N-methyl/N-ethyl adjacent to an activating group) is 1. The number of halogens is 2. The van der Waals surface area contributed by atoms with Crippen molar-refractivity contribution in [3.63, 3.8) is 0 Å². The van der Waals surface area contributed by atoms with Crippen LogP contribution >= 0.6 is 11.6 Å². The highest BCUT2D eigenvalue weighted by atomic mass is 35.5. The fourth-order valence-corrected chi connectivity index (χ4v) is 4.30. The number of carbonyl (C=O) groups is 1. The van der Waals surface area contributed by atoms with Crippen LogP contribution in [-0.2, 0) is 10.3 Å². The van der Waals surface area contributed by atoms with Crippen molar-refractivity contribution >= 4 is 23.5 Å². The maximum Gasteiger partial charge on any atom is 0.261 e. The minimum absolute atomic E-state index is 0.162. The molecular weight excluding hydrogens is 369 g/mol. The van der Waals surface area contributed by atoms with E-state index in [1.807, 2.05) is 18.2 Å². The van der Waals surface area contributed by atoms with Gasteiger partial charge in [0.05, 0.1) is 0 Å². The van der Waals surface area contributed by atoms with Gasteiger partial charge in [-0.15, -0.1) is 0 Å². The number of rotatable bonds is 1. The van der Waals surface area contributed by atoms with Crippen molar-refractivity contribution in [3.8, 4) is 16.9 Å². The fraction of sp³-hybridized carbons (Fsp3) is 0.300. The second kappa shape index (κ2) is 5.23. The number of carbonyl (C=O) groups excluding carboxylic acids is 1. The first-order valence-corrected chi connectivity index (χ1v) is 9.13. The van der Waals surface area contributed by atoms with E-state index in [4.69, 9.17) is 22.1 Å². The van der Waals surface area contributed by atoms with E-state index in [2.05, 4.69) is 4.99 Å². The Hall–Kier alpha value is -2.60. The zero-order valence-electron chi connectivity index (χ0n) is 14.6. The molecule has 1 amide bonds. The van der Waals surface area contributed by atoms with Gasteiger partial charge in [-0.1, -0.05) is 17.7 Å². The molecule has 1 atom stereocenters. The predicted molar refractivity (Wildman–Crippen MR) is 100 cm³/mol. The summed E-state index contributed by atoms with van der Waals surface area (Å²) in [6.07, 6.45) is 2.24. The van der Waals surface area contributed by atoms with Crippen LogP contribution in [0, 0.1) is 5.82 Å². The number of nitrogens with zero attached hydrogens (tertiary/aromatic N) is 2. The molecule has 5 nitrogen and oxygen atoms in total. The fourth-order valence-electron chi connectivity index (χ4n) is 4.08. The second-order valence-electron chi connectivity index (χ2n) is 7.53. The van der Waals surface area contributed by atoms with Crippen molar-refractivity contribution in [2.75, 3.05) is 7.05 Å². The Labute approximate surface area is 160 Å². The molecule has 2 heterocycles. The van der Waals surface area contributed by atoms with Gasteiger partial charge in [0.15, 0.2) is 11.5 Å². The zero-order valence-corrected chi connectivity index (χ0v) is 15.4. The summed E-state index contributed by atoms with van der Waals surface area (Å²) in [7, 11) is 1.63. The molecule has 0 saturated heterocycles. The smallest absolute Gasteiger partial charge is 0.261 e. The van der Waals surface area contributed by atoms with E-state index in [1.165, 1.54) is 17.0 Å². The molecule has 2 N–H and O–H groups in total. The van der Waals surface area contributed by atoms with Crippen LogP contribution in [0.5, 0.6) is 5.75 Å². The highest BCUT2D eigenvalue weighted by molar-refractivity contribution is 6.30. The van der Waals surface area contributed by atoms with E-state index in [9.17, 15) is 9.18 Å². The lowest BCUT2D eigenvalue weighted by atomic mass is 9.79. The highest BCUT2D eigenvalue weighted by Crippen LogP contribution is 2.57. The Morgan fingerprint density at radius 1 is 1.22 bits per heavy atom. The number of nitrogens with two attached hydrogens (primary N) is 1. The molecule has 1 fully saturated rings. The van der Waals surface area contributed by atoms with Crippen molar-refractivity contribution in [1.29, 1.82) is 0 Å². The largest absolute Gasteiger partial charge is 0.487 e. The van der Waals surface area contributed by atoms with Crippen LogP contribution < -0.4 is 10.5 Å². The zero-order chi connectivity index (χ0) is 19.0. The van der Waals surface area contributed by atoms with Gasteiger partial charge in [0.2, 0.25) is 0 Å². The Kier molecular flexibility index (Phi) is 3.21. The van der Waals surface area contributed by atoms with Crippen molar-refractivity contribution in [2.45, 2.75) is 30.4 Å². The molecule has 7 heteroatoms. The van der Waals surface area contributed by atoms with Crippen LogP contribution in [-0.4, -0.2) is 29.4 Å². The predicted octanol–water partition coefficient (Wildman–Crippen LogP) is 3.44. The molecule has 0 radical (unpaired) electrons. The van der Waals surface area contributed by atoms with E-state index in [0.717, 1.165) is 18.4 Å². The summed E-state index contributed by atoms with van der Waals surface area (Å²) in [4.78, 5) is 19.1. The van der Waals surface area contributed by atoms with Crippen molar-refractivity contribution in [2.24, 2.45) is 10.7 Å². The minimum atomic E-state index is -1.09. The SMILES string of the molecule is CN1C(=O)C2(CC3(CC3)Oc3ccc(-c4cc(F)cc(Cl)c4)cc32)N=C1N. The lowest BCUT2D eigenvalue weighted by Crippen LogP contribution is -2.46. The summed E-state index contributed by atoms with van der Waals surface area (Å²) in [5.41, 5.74) is 6.57. The van der Waals surface area contributed by atoms with E-state index in [0.29, 0.717) is 28.3 Å². The number of aliphatic imine (C=N–C) groups is 1. The van der Waals surface area contributed by atoms with Gasteiger partial charge in [-0.25, -0.2) is 9.38 Å². The molecule has 2 aromatic rings. The van der Waals surface area contributed by atoms with Crippen LogP contribution in [0.2, 0.25) is 5.02 Å². The number of benzene rings is 2. The third-order valence-electron chi connectivity index (χ3n) is 5.64. The van der Waals surface area contributed by atoms with Crippen LogP contribution in [0.1, 0.15) is 24.8 Å². The molecule has 3 aliphatic rings. The Morgan fingerprint density at radius 2 is 2.00 bits per heavy atom. The first-order valence-electron chi connectivity index (χ1n) is 8.75. The standard InChI is InChI=1S/C20H17ClFN3O2/c1-25-17(26)20(24-18(25)23)10-19(4-5-19)27-16-3-2-11(8-15(16)20)12-6-13(21)9-14(22)7-12/h2-3,6-9H,4-5,10H2,1H3,(H2,23,24). The molecular formula is C20H17ClFN3O2. The van der Waals surface area contributed by atoms with Crippen molar-refractivity contribution in [1.82, 2.24) is 4.90 Å².